The minimum absolute atomic E-state index is 0.0996. The van der Waals surface area contributed by atoms with Crippen molar-refractivity contribution in [1.82, 2.24) is 10.3 Å². The number of hydrogen-bond acceptors (Lipinski definition) is 4. The molecule has 1 aromatic carbocycles. The summed E-state index contributed by atoms with van der Waals surface area (Å²) in [5, 5.41) is 5.78. The van der Waals surface area contributed by atoms with Gasteiger partial charge in [-0.15, -0.1) is 0 Å². The van der Waals surface area contributed by atoms with Crippen molar-refractivity contribution in [2.45, 2.75) is 52.3 Å². The topological polar surface area (TPSA) is 60.2 Å². The number of fused-ring (bicyclic) bond motifs is 1. The van der Waals surface area contributed by atoms with Crippen molar-refractivity contribution < 1.29 is 4.74 Å². The van der Waals surface area contributed by atoms with Gasteiger partial charge in [-0.2, -0.15) is 0 Å². The summed E-state index contributed by atoms with van der Waals surface area (Å²) in [5.41, 5.74) is 7.94. The number of pyridine rings is 1. The van der Waals surface area contributed by atoms with Crippen molar-refractivity contribution in [2.75, 3.05) is 6.54 Å². The molecule has 1 aliphatic rings. The number of nitrogens with zero attached hydrogens (tertiary/aromatic N) is 1. The molecule has 0 bridgehead atoms. The average Bonchev–Trinajstić information content (AvgIpc) is 2.48. The third kappa shape index (κ3) is 4.01. The van der Waals surface area contributed by atoms with Gasteiger partial charge < -0.3 is 15.8 Å². The maximum atomic E-state index is 5.86. The standard InChI is InChI=1S/C19H27N3O/c1-13(2)23-19-18-7-6-15(12-21-11-14-4-3-5-14)8-16(18)9-17(10-20)22-19/h6-9,13-14,21H,3-5,10-12,20H2,1-2H3. The zero-order valence-electron chi connectivity index (χ0n) is 14.1. The third-order valence-electron chi connectivity index (χ3n) is 4.46. The van der Waals surface area contributed by atoms with Gasteiger partial charge in [-0.25, -0.2) is 4.98 Å². The van der Waals surface area contributed by atoms with Crippen molar-refractivity contribution in [1.29, 1.82) is 0 Å². The Kier molecular flexibility index (Phi) is 5.13. The third-order valence-corrected chi connectivity index (χ3v) is 4.46. The van der Waals surface area contributed by atoms with Crippen LogP contribution >= 0.6 is 0 Å². The molecule has 0 spiro atoms. The number of ether oxygens (including phenoxy) is 1. The van der Waals surface area contributed by atoms with Gasteiger partial charge in [-0.1, -0.05) is 12.5 Å². The zero-order chi connectivity index (χ0) is 16.2. The summed E-state index contributed by atoms with van der Waals surface area (Å²) in [6.07, 6.45) is 4.26. The maximum absolute atomic E-state index is 5.86. The van der Waals surface area contributed by atoms with Crippen LogP contribution in [0.15, 0.2) is 24.3 Å². The molecular formula is C19H27N3O. The summed E-state index contributed by atoms with van der Waals surface area (Å²) in [7, 11) is 0. The van der Waals surface area contributed by atoms with E-state index in [-0.39, 0.29) is 6.10 Å². The smallest absolute Gasteiger partial charge is 0.221 e. The Morgan fingerprint density at radius 1 is 1.30 bits per heavy atom. The first-order chi connectivity index (χ1) is 11.2. The number of nitrogens with one attached hydrogen (secondary N) is 1. The predicted molar refractivity (Wildman–Crippen MR) is 94.4 cm³/mol. The molecule has 2 aromatic rings. The van der Waals surface area contributed by atoms with Gasteiger partial charge in [0.1, 0.15) is 0 Å². The fourth-order valence-corrected chi connectivity index (χ4v) is 2.97. The van der Waals surface area contributed by atoms with Gasteiger partial charge >= 0.3 is 0 Å². The van der Waals surface area contributed by atoms with E-state index in [9.17, 15) is 0 Å². The molecule has 0 saturated heterocycles. The van der Waals surface area contributed by atoms with Crippen LogP contribution in [0.2, 0.25) is 0 Å². The highest BCUT2D eigenvalue weighted by atomic mass is 16.5. The van der Waals surface area contributed by atoms with Gasteiger partial charge in [0.2, 0.25) is 5.88 Å². The minimum Gasteiger partial charge on any atom is -0.474 e. The van der Waals surface area contributed by atoms with Gasteiger partial charge in [-0.3, -0.25) is 0 Å². The Balaban J connectivity index is 1.79. The van der Waals surface area contributed by atoms with Crippen molar-refractivity contribution in [3.63, 3.8) is 0 Å². The first-order valence-corrected chi connectivity index (χ1v) is 8.65. The van der Waals surface area contributed by atoms with Crippen LogP contribution in [0.1, 0.15) is 44.4 Å². The fourth-order valence-electron chi connectivity index (χ4n) is 2.97. The molecule has 4 nitrogen and oxygen atoms in total. The molecule has 1 aliphatic carbocycles. The van der Waals surface area contributed by atoms with Crippen molar-refractivity contribution in [2.24, 2.45) is 11.7 Å². The summed E-state index contributed by atoms with van der Waals surface area (Å²) < 4.78 is 5.86. The lowest BCUT2D eigenvalue weighted by Gasteiger charge is -2.25. The van der Waals surface area contributed by atoms with Gasteiger partial charge in [0, 0.05) is 18.5 Å². The highest BCUT2D eigenvalue weighted by molar-refractivity contribution is 5.87. The lowest BCUT2D eigenvalue weighted by molar-refractivity contribution is 0.235. The molecule has 23 heavy (non-hydrogen) atoms. The first kappa shape index (κ1) is 16.2. The van der Waals surface area contributed by atoms with Gasteiger partial charge in [0.05, 0.1) is 11.8 Å². The quantitative estimate of drug-likeness (QED) is 0.823. The van der Waals surface area contributed by atoms with E-state index in [1.807, 2.05) is 13.8 Å². The molecule has 1 saturated carbocycles. The summed E-state index contributed by atoms with van der Waals surface area (Å²) in [6, 6.07) is 8.56. The highest BCUT2D eigenvalue weighted by Crippen LogP contribution is 2.27. The molecule has 1 aromatic heterocycles. The van der Waals surface area contributed by atoms with E-state index in [1.54, 1.807) is 0 Å². The number of hydrogen-bond donors (Lipinski definition) is 2. The molecule has 1 fully saturated rings. The van der Waals surface area contributed by atoms with E-state index in [0.29, 0.717) is 12.4 Å². The summed E-state index contributed by atoms with van der Waals surface area (Å²) in [6.45, 7) is 6.49. The molecule has 0 unspecified atom stereocenters. The fraction of sp³-hybridized carbons (Fsp3) is 0.526. The van der Waals surface area contributed by atoms with Crippen molar-refractivity contribution in [3.8, 4) is 5.88 Å². The Bertz CT molecular complexity index is 665. The van der Waals surface area contributed by atoms with Crippen LogP contribution in [0.4, 0.5) is 0 Å². The van der Waals surface area contributed by atoms with Crippen molar-refractivity contribution >= 4 is 10.8 Å². The molecule has 0 radical (unpaired) electrons. The first-order valence-electron chi connectivity index (χ1n) is 8.65. The lowest BCUT2D eigenvalue weighted by atomic mass is 9.85. The zero-order valence-corrected chi connectivity index (χ0v) is 14.1. The average molecular weight is 313 g/mol. The number of aromatic nitrogens is 1. The van der Waals surface area contributed by atoms with Gasteiger partial charge in [-0.05, 0) is 68.3 Å². The molecule has 3 N–H and O–H groups in total. The second kappa shape index (κ2) is 7.28. The molecule has 124 valence electrons. The largest absolute Gasteiger partial charge is 0.474 e. The van der Waals surface area contributed by atoms with Crippen LogP contribution in [0.25, 0.3) is 10.8 Å². The van der Waals surface area contributed by atoms with Crippen LogP contribution in [-0.2, 0) is 13.1 Å². The SMILES string of the molecule is CC(C)Oc1nc(CN)cc2cc(CNCC3CCC3)ccc12. The number of rotatable bonds is 7. The van der Waals surface area contributed by atoms with E-state index in [1.165, 1.54) is 24.8 Å². The van der Waals surface area contributed by atoms with Crippen LogP contribution in [0, 0.1) is 5.92 Å². The van der Waals surface area contributed by atoms with E-state index >= 15 is 0 Å². The van der Waals surface area contributed by atoms with E-state index in [2.05, 4.69) is 34.6 Å². The lowest BCUT2D eigenvalue weighted by Crippen LogP contribution is -2.26. The van der Waals surface area contributed by atoms with E-state index in [0.717, 1.165) is 35.5 Å². The van der Waals surface area contributed by atoms with Crippen LogP contribution in [0.5, 0.6) is 5.88 Å². The van der Waals surface area contributed by atoms with Crippen LogP contribution < -0.4 is 15.8 Å². The summed E-state index contributed by atoms with van der Waals surface area (Å²) in [4.78, 5) is 4.53. The predicted octanol–water partition coefficient (Wildman–Crippen LogP) is 3.37. The maximum Gasteiger partial charge on any atom is 0.221 e. The second-order valence-electron chi connectivity index (χ2n) is 6.77. The number of benzene rings is 1. The normalized spacial score (nSPS) is 15.1. The Morgan fingerprint density at radius 3 is 2.78 bits per heavy atom. The Hall–Kier alpha value is -1.65. The monoisotopic (exact) mass is 313 g/mol. The molecule has 0 aliphatic heterocycles. The van der Waals surface area contributed by atoms with Crippen LogP contribution in [0.3, 0.4) is 0 Å². The molecule has 0 atom stereocenters. The molecular weight excluding hydrogens is 286 g/mol. The van der Waals surface area contributed by atoms with Crippen molar-refractivity contribution in [3.05, 3.63) is 35.5 Å². The summed E-state index contributed by atoms with van der Waals surface area (Å²) in [5.74, 6) is 1.57. The summed E-state index contributed by atoms with van der Waals surface area (Å²) >= 11 is 0. The van der Waals surface area contributed by atoms with Crippen LogP contribution in [-0.4, -0.2) is 17.6 Å². The van der Waals surface area contributed by atoms with Gasteiger partial charge in [0.15, 0.2) is 0 Å². The molecule has 3 rings (SSSR count). The van der Waals surface area contributed by atoms with E-state index in [4.69, 9.17) is 10.5 Å². The van der Waals surface area contributed by atoms with E-state index < -0.39 is 0 Å². The molecule has 1 heterocycles. The highest BCUT2D eigenvalue weighted by Gasteiger charge is 2.16. The molecule has 0 amide bonds. The Labute approximate surface area is 138 Å². The Morgan fingerprint density at radius 2 is 2.13 bits per heavy atom. The second-order valence-corrected chi connectivity index (χ2v) is 6.77. The van der Waals surface area contributed by atoms with Gasteiger partial charge in [0.25, 0.3) is 0 Å². The minimum atomic E-state index is 0.0996. The number of nitrogens with two attached hydrogens (primary N) is 1. The molecule has 4 heteroatoms.